The van der Waals surface area contributed by atoms with Gasteiger partial charge in [0.2, 0.25) is 7.12 Å². The molecule has 0 amide bonds. The van der Waals surface area contributed by atoms with Gasteiger partial charge in [0.1, 0.15) is 6.10 Å². The zero-order valence-electron chi connectivity index (χ0n) is 15.9. The average Bonchev–Trinajstić information content (AvgIpc) is 3.57. The van der Waals surface area contributed by atoms with Crippen molar-refractivity contribution in [1.29, 1.82) is 0 Å². The van der Waals surface area contributed by atoms with Gasteiger partial charge in [0, 0.05) is 25.7 Å². The smallest absolute Gasteiger partial charge is 0.498 e. The Bertz CT molecular complexity index is 669. The molecule has 4 radical (unpaired) electrons. The Morgan fingerprint density at radius 2 is 1.34 bits per heavy atom. The van der Waals surface area contributed by atoms with E-state index in [-0.39, 0.29) is 28.2 Å². The molecule has 9 nitrogen and oxygen atoms in total. The molecule has 0 aliphatic heterocycles. The van der Waals surface area contributed by atoms with Crippen molar-refractivity contribution in [3.63, 3.8) is 0 Å². The normalized spacial score (nSPS) is 12.8. The minimum absolute atomic E-state index is 0. The molecule has 29 heavy (non-hydrogen) atoms. The van der Waals surface area contributed by atoms with Gasteiger partial charge in [-0.2, -0.15) is 0 Å². The van der Waals surface area contributed by atoms with Crippen LogP contribution in [0.2, 0.25) is 0 Å². The molecule has 1 saturated carbocycles. The van der Waals surface area contributed by atoms with Crippen LogP contribution in [-0.2, 0) is 35.1 Å². The SMILES string of the molecule is CO[C]1[CH][CH]CCC1.[C-]#[O+].[C-]#[O+].[Mo+2].c1cn([B-](n2ccnc2)n2ccnc2)cn1. The first-order chi connectivity index (χ1) is 13.9. The fraction of sp³-hybridized carbons (Fsp3) is 0.222. The maximum absolute atomic E-state index is 7.50. The van der Waals surface area contributed by atoms with Crippen molar-refractivity contribution in [3.05, 3.63) is 88.4 Å². The molecule has 0 atom stereocenters. The van der Waals surface area contributed by atoms with Crippen LogP contribution in [0.3, 0.4) is 0 Å². The van der Waals surface area contributed by atoms with Gasteiger partial charge in [0.05, 0.1) is 19.0 Å². The van der Waals surface area contributed by atoms with Gasteiger partial charge in [-0.1, -0.05) is 6.42 Å². The van der Waals surface area contributed by atoms with E-state index >= 15 is 0 Å². The largest absolute Gasteiger partial charge is 2.00 e. The van der Waals surface area contributed by atoms with E-state index in [1.165, 1.54) is 12.8 Å². The van der Waals surface area contributed by atoms with Crippen LogP contribution in [0.15, 0.2) is 56.2 Å². The Morgan fingerprint density at radius 3 is 1.59 bits per heavy atom. The molecule has 3 heterocycles. The van der Waals surface area contributed by atoms with Crippen molar-refractivity contribution in [2.45, 2.75) is 19.3 Å². The van der Waals surface area contributed by atoms with Gasteiger partial charge in [0.15, 0.2) is 0 Å². The molecule has 0 unspecified atom stereocenters. The van der Waals surface area contributed by atoms with Crippen molar-refractivity contribution in [3.8, 4) is 0 Å². The van der Waals surface area contributed by atoms with Gasteiger partial charge in [-0.25, -0.2) is 15.0 Å². The molecule has 3 aromatic heterocycles. The third-order valence-electron chi connectivity index (χ3n) is 3.73. The van der Waals surface area contributed by atoms with E-state index in [4.69, 9.17) is 14.0 Å². The van der Waals surface area contributed by atoms with Crippen LogP contribution in [0.4, 0.5) is 0 Å². The van der Waals surface area contributed by atoms with E-state index < -0.39 is 0 Å². The molecule has 3 aromatic rings. The van der Waals surface area contributed by atoms with Gasteiger partial charge < -0.3 is 18.2 Å². The Labute approximate surface area is 185 Å². The number of methoxy groups -OCH3 is 1. The summed E-state index contributed by atoms with van der Waals surface area (Å²) in [6.07, 6.45) is 25.2. The molecule has 0 spiro atoms. The van der Waals surface area contributed by atoms with Crippen LogP contribution < -0.4 is 0 Å². The summed E-state index contributed by atoms with van der Waals surface area (Å²) in [4.78, 5) is 12.2. The van der Waals surface area contributed by atoms with Crippen LogP contribution in [0.1, 0.15) is 19.3 Å². The quantitative estimate of drug-likeness (QED) is 0.327. The van der Waals surface area contributed by atoms with Gasteiger partial charge in [-0.05, 0) is 44.3 Å². The minimum Gasteiger partial charge on any atom is -0.498 e. The summed E-state index contributed by atoms with van der Waals surface area (Å²) in [6, 6.07) is 0. The Morgan fingerprint density at radius 1 is 0.897 bits per heavy atom. The summed E-state index contributed by atoms with van der Waals surface area (Å²) < 4.78 is 25.9. The average molecular weight is 475 g/mol. The molecule has 1 aliphatic carbocycles. The van der Waals surface area contributed by atoms with Gasteiger partial charge in [0.25, 0.3) is 0 Å². The van der Waals surface area contributed by atoms with Crippen molar-refractivity contribution in [1.82, 2.24) is 28.4 Å². The zero-order valence-corrected chi connectivity index (χ0v) is 17.9. The van der Waals surface area contributed by atoms with Crippen molar-refractivity contribution < 1.29 is 35.1 Å². The van der Waals surface area contributed by atoms with Crippen LogP contribution >= 0.6 is 0 Å². The first kappa shape index (κ1) is 26.8. The summed E-state index contributed by atoms with van der Waals surface area (Å²) in [5.41, 5.74) is 0. The second-order valence-corrected chi connectivity index (χ2v) is 5.34. The van der Waals surface area contributed by atoms with Gasteiger partial charge >= 0.3 is 43.7 Å². The third kappa shape index (κ3) is 8.79. The predicted molar refractivity (Wildman–Crippen MR) is 99.2 cm³/mol. The predicted octanol–water partition coefficient (Wildman–Crippen LogP) is 1.89. The van der Waals surface area contributed by atoms with Gasteiger partial charge in [-0.3, -0.25) is 0 Å². The molecule has 0 saturated heterocycles. The van der Waals surface area contributed by atoms with E-state index in [9.17, 15) is 0 Å². The standard InChI is InChI=1S/C9H9BN6.C7H11O.2CO.Mo/c1-4-14(7-11-1)10(15-5-2-12-8-15)16-6-3-13-9-16;1-8-7-5-3-2-4-6-7;2*1-2;/h1-9H;3,5H,2,4,6H2,1H3;;;/q-1;;;;+2. The molecule has 0 aromatic carbocycles. The van der Waals surface area contributed by atoms with E-state index in [1.807, 2.05) is 32.0 Å². The fourth-order valence-corrected chi connectivity index (χ4v) is 2.54. The molecule has 11 heteroatoms. The molecule has 1 aliphatic rings. The molecule has 4 rings (SSSR count). The first-order valence-corrected chi connectivity index (χ1v) is 8.28. The molecule has 148 valence electrons. The van der Waals surface area contributed by atoms with Crippen LogP contribution in [0, 0.1) is 32.2 Å². The molecule has 1 fully saturated rings. The van der Waals surface area contributed by atoms with Crippen LogP contribution in [0.5, 0.6) is 0 Å². The maximum Gasteiger partial charge on any atom is 2.00 e. The van der Waals surface area contributed by atoms with Crippen LogP contribution in [-0.4, -0.2) is 42.6 Å². The third-order valence-corrected chi connectivity index (χ3v) is 3.73. The summed E-state index contributed by atoms with van der Waals surface area (Å²) in [5, 5.41) is 0. The molecule has 0 bridgehead atoms. The monoisotopic (exact) mass is 477 g/mol. The first-order valence-electron chi connectivity index (χ1n) is 8.28. The van der Waals surface area contributed by atoms with Crippen molar-refractivity contribution >= 4 is 7.12 Å². The summed E-state index contributed by atoms with van der Waals surface area (Å²) in [5.74, 6) is 0. The van der Waals surface area contributed by atoms with Crippen LogP contribution in [0.25, 0.3) is 0 Å². The maximum atomic E-state index is 7.50. The molecular formula is C18H20BMoN6O3+. The summed E-state index contributed by atoms with van der Waals surface area (Å²) in [6.45, 7) is 9.00. The van der Waals surface area contributed by atoms with E-state index in [0.29, 0.717) is 0 Å². The van der Waals surface area contributed by atoms with Crippen molar-refractivity contribution in [2.24, 2.45) is 0 Å². The number of imidazole rings is 3. The zero-order chi connectivity index (χ0) is 20.6. The number of hydrogen-bond donors (Lipinski definition) is 0. The Balaban J connectivity index is 0.000000515. The molecular weight excluding hydrogens is 455 g/mol. The summed E-state index contributed by atoms with van der Waals surface area (Å²) >= 11 is 0. The second-order valence-electron chi connectivity index (χ2n) is 5.34. The number of nitrogens with zero attached hydrogens (tertiary/aromatic N) is 6. The van der Waals surface area contributed by atoms with Gasteiger partial charge in [-0.15, -0.1) is 0 Å². The number of rotatable bonds is 4. The number of hydrogen-bond acceptors (Lipinski definition) is 4. The minimum atomic E-state index is -0.0486. The second kappa shape index (κ2) is 16.7. The Kier molecular flexibility index (Phi) is 15.5. The van der Waals surface area contributed by atoms with E-state index in [1.54, 1.807) is 44.7 Å². The number of ether oxygens (including phenoxy) is 1. The van der Waals surface area contributed by atoms with E-state index in [0.717, 1.165) is 12.5 Å². The molecule has 0 N–H and O–H groups in total. The Hall–Kier alpha value is -2.18. The summed E-state index contributed by atoms with van der Waals surface area (Å²) in [7, 11) is 1.68. The van der Waals surface area contributed by atoms with Crippen molar-refractivity contribution in [2.75, 3.05) is 7.11 Å². The fourth-order valence-electron chi connectivity index (χ4n) is 2.54. The topological polar surface area (TPSA) is 102 Å². The number of aromatic nitrogens is 6. The van der Waals surface area contributed by atoms with E-state index in [2.05, 4.69) is 41.1 Å².